The average Bonchev–Trinajstić information content (AvgIpc) is 2.76. The van der Waals surface area contributed by atoms with Crippen molar-refractivity contribution in [1.29, 1.82) is 0 Å². The Bertz CT molecular complexity index is 620. The molecule has 0 saturated heterocycles. The van der Waals surface area contributed by atoms with Crippen molar-refractivity contribution >= 4 is 17.6 Å². The highest BCUT2D eigenvalue weighted by Crippen LogP contribution is 2.27. The smallest absolute Gasteiger partial charge is 0.308 e. The van der Waals surface area contributed by atoms with Crippen molar-refractivity contribution in [2.45, 2.75) is 19.8 Å². The highest BCUT2D eigenvalue weighted by atomic mass is 35.5. The number of aliphatic carboxylic acids is 1. The second kappa shape index (κ2) is 5.96. The van der Waals surface area contributed by atoms with E-state index in [9.17, 15) is 4.79 Å². The molecule has 0 aliphatic rings. The minimum Gasteiger partial charge on any atom is -0.481 e. The number of halogens is 1. The van der Waals surface area contributed by atoms with Gasteiger partial charge < -0.3 is 9.84 Å². The molecule has 0 atom stereocenters. The summed E-state index contributed by atoms with van der Waals surface area (Å²) in [5.41, 5.74) is 2.11. The van der Waals surface area contributed by atoms with Crippen LogP contribution in [0, 0.1) is 0 Å². The molecule has 1 aromatic carbocycles. The van der Waals surface area contributed by atoms with Gasteiger partial charge in [-0.15, -0.1) is 0 Å². The van der Waals surface area contributed by atoms with E-state index >= 15 is 0 Å². The molecule has 0 fully saturated rings. The van der Waals surface area contributed by atoms with Crippen LogP contribution >= 0.6 is 11.6 Å². The second-order valence-electron chi connectivity index (χ2n) is 4.25. The number of benzene rings is 1. The van der Waals surface area contributed by atoms with Crippen LogP contribution in [-0.4, -0.2) is 28.0 Å². The third-order valence-corrected chi connectivity index (χ3v) is 3.20. The van der Waals surface area contributed by atoms with Crippen LogP contribution in [0.4, 0.5) is 0 Å². The zero-order valence-corrected chi connectivity index (χ0v) is 12.0. The SMILES string of the molecule is CCc1nn(-c2ccc(Cl)cc2)c(OC)c1CC(=O)O. The Morgan fingerprint density at radius 3 is 2.55 bits per heavy atom. The Labute approximate surface area is 121 Å². The van der Waals surface area contributed by atoms with Crippen LogP contribution < -0.4 is 4.74 Å². The van der Waals surface area contributed by atoms with Gasteiger partial charge in [-0.3, -0.25) is 4.79 Å². The zero-order chi connectivity index (χ0) is 14.7. The Balaban J connectivity index is 2.55. The van der Waals surface area contributed by atoms with E-state index in [0.29, 0.717) is 22.9 Å². The molecule has 0 aliphatic heterocycles. The molecule has 0 radical (unpaired) electrons. The molecule has 20 heavy (non-hydrogen) atoms. The normalized spacial score (nSPS) is 10.6. The largest absolute Gasteiger partial charge is 0.481 e. The summed E-state index contributed by atoms with van der Waals surface area (Å²) in [5.74, 6) is -0.458. The molecule has 0 bridgehead atoms. The predicted molar refractivity (Wildman–Crippen MR) is 75.8 cm³/mol. The number of methoxy groups -OCH3 is 1. The monoisotopic (exact) mass is 294 g/mol. The lowest BCUT2D eigenvalue weighted by atomic mass is 10.1. The number of aromatic nitrogens is 2. The summed E-state index contributed by atoms with van der Waals surface area (Å²) in [4.78, 5) is 11.0. The maximum absolute atomic E-state index is 11.0. The van der Waals surface area contributed by atoms with Crippen molar-refractivity contribution in [1.82, 2.24) is 9.78 Å². The number of carboxylic acids is 1. The molecule has 2 rings (SSSR count). The molecule has 1 N–H and O–H groups in total. The van der Waals surface area contributed by atoms with E-state index in [2.05, 4.69) is 5.10 Å². The molecule has 5 nitrogen and oxygen atoms in total. The van der Waals surface area contributed by atoms with Crippen LogP contribution in [0.1, 0.15) is 18.2 Å². The quantitative estimate of drug-likeness (QED) is 0.921. The van der Waals surface area contributed by atoms with Gasteiger partial charge in [0.05, 0.1) is 24.9 Å². The van der Waals surface area contributed by atoms with Crippen LogP contribution in [0.2, 0.25) is 5.02 Å². The van der Waals surface area contributed by atoms with Gasteiger partial charge in [-0.1, -0.05) is 18.5 Å². The van der Waals surface area contributed by atoms with Crippen molar-refractivity contribution in [3.63, 3.8) is 0 Å². The first-order chi connectivity index (χ1) is 9.56. The van der Waals surface area contributed by atoms with E-state index in [4.69, 9.17) is 21.4 Å². The van der Waals surface area contributed by atoms with Crippen LogP contribution in [-0.2, 0) is 17.6 Å². The van der Waals surface area contributed by atoms with Crippen molar-refractivity contribution in [2.75, 3.05) is 7.11 Å². The summed E-state index contributed by atoms with van der Waals surface area (Å²) in [5, 5.41) is 14.1. The number of hydrogen-bond acceptors (Lipinski definition) is 3. The Hall–Kier alpha value is -2.01. The predicted octanol–water partition coefficient (Wildman–Crippen LogP) is 2.72. The number of carboxylic acid groups (broad SMARTS) is 1. The van der Waals surface area contributed by atoms with Gasteiger partial charge in [0.25, 0.3) is 0 Å². The third-order valence-electron chi connectivity index (χ3n) is 2.95. The summed E-state index contributed by atoms with van der Waals surface area (Å²) in [6.45, 7) is 1.93. The molecule has 2 aromatic rings. The van der Waals surface area contributed by atoms with Crippen molar-refractivity contribution in [3.8, 4) is 11.6 Å². The second-order valence-corrected chi connectivity index (χ2v) is 4.68. The number of aryl methyl sites for hydroxylation is 1. The molecule has 0 saturated carbocycles. The minimum atomic E-state index is -0.909. The van der Waals surface area contributed by atoms with Gasteiger partial charge in [0.15, 0.2) is 0 Å². The highest BCUT2D eigenvalue weighted by molar-refractivity contribution is 6.30. The molecular formula is C14H15ClN2O3. The molecule has 0 unspecified atom stereocenters. The van der Waals surface area contributed by atoms with E-state index in [1.807, 2.05) is 19.1 Å². The fourth-order valence-electron chi connectivity index (χ4n) is 2.06. The average molecular weight is 295 g/mol. The molecule has 0 amide bonds. The van der Waals surface area contributed by atoms with Gasteiger partial charge >= 0.3 is 5.97 Å². The first-order valence-electron chi connectivity index (χ1n) is 6.19. The van der Waals surface area contributed by atoms with Gasteiger partial charge in [0, 0.05) is 10.6 Å². The maximum atomic E-state index is 11.0. The van der Waals surface area contributed by atoms with E-state index in [0.717, 1.165) is 11.4 Å². The molecule has 1 aromatic heterocycles. The van der Waals surface area contributed by atoms with Crippen LogP contribution in [0.25, 0.3) is 5.69 Å². The number of hydrogen-bond donors (Lipinski definition) is 1. The van der Waals surface area contributed by atoms with Crippen molar-refractivity contribution in [2.24, 2.45) is 0 Å². The van der Waals surface area contributed by atoms with E-state index in [1.54, 1.807) is 16.8 Å². The van der Waals surface area contributed by atoms with Gasteiger partial charge in [-0.2, -0.15) is 5.10 Å². The lowest BCUT2D eigenvalue weighted by molar-refractivity contribution is -0.136. The van der Waals surface area contributed by atoms with E-state index in [1.165, 1.54) is 7.11 Å². The number of nitrogens with zero attached hydrogens (tertiary/aromatic N) is 2. The summed E-state index contributed by atoms with van der Waals surface area (Å²) < 4.78 is 6.95. The fraction of sp³-hybridized carbons (Fsp3) is 0.286. The van der Waals surface area contributed by atoms with Gasteiger partial charge in [-0.25, -0.2) is 4.68 Å². The highest BCUT2D eigenvalue weighted by Gasteiger charge is 2.20. The minimum absolute atomic E-state index is 0.111. The topological polar surface area (TPSA) is 64.4 Å². The first-order valence-corrected chi connectivity index (χ1v) is 6.57. The molecular weight excluding hydrogens is 280 g/mol. The zero-order valence-electron chi connectivity index (χ0n) is 11.3. The van der Waals surface area contributed by atoms with Crippen LogP contribution in [0.5, 0.6) is 5.88 Å². The molecule has 6 heteroatoms. The van der Waals surface area contributed by atoms with Gasteiger partial charge in [0.1, 0.15) is 0 Å². The van der Waals surface area contributed by atoms with Gasteiger partial charge in [0.2, 0.25) is 5.88 Å². The summed E-state index contributed by atoms with van der Waals surface area (Å²) >= 11 is 5.87. The maximum Gasteiger partial charge on any atom is 0.308 e. The van der Waals surface area contributed by atoms with Crippen LogP contribution in [0.3, 0.4) is 0 Å². The van der Waals surface area contributed by atoms with Crippen molar-refractivity contribution in [3.05, 3.63) is 40.5 Å². The molecule has 0 spiro atoms. The standard InChI is InChI=1S/C14H15ClN2O3/c1-3-12-11(8-13(18)19)14(20-2)17(16-12)10-6-4-9(15)5-7-10/h4-7H,3,8H2,1-2H3,(H,18,19). The number of ether oxygens (including phenoxy) is 1. The van der Waals surface area contributed by atoms with E-state index in [-0.39, 0.29) is 6.42 Å². The Kier molecular flexibility index (Phi) is 4.29. The summed E-state index contributed by atoms with van der Waals surface area (Å²) in [6, 6.07) is 7.12. The number of carbonyl (C=O) groups is 1. The third kappa shape index (κ3) is 2.77. The molecule has 0 aliphatic carbocycles. The summed E-state index contributed by atoms with van der Waals surface area (Å²) in [6.07, 6.45) is 0.527. The lowest BCUT2D eigenvalue weighted by Gasteiger charge is -2.07. The van der Waals surface area contributed by atoms with Crippen LogP contribution in [0.15, 0.2) is 24.3 Å². The van der Waals surface area contributed by atoms with E-state index < -0.39 is 5.97 Å². The molecule has 106 valence electrons. The molecule has 1 heterocycles. The lowest BCUT2D eigenvalue weighted by Crippen LogP contribution is -2.04. The summed E-state index contributed by atoms with van der Waals surface area (Å²) in [7, 11) is 1.51. The number of rotatable bonds is 5. The first kappa shape index (κ1) is 14.4. The Morgan fingerprint density at radius 1 is 1.40 bits per heavy atom. The Morgan fingerprint density at radius 2 is 2.05 bits per heavy atom. The van der Waals surface area contributed by atoms with Gasteiger partial charge in [-0.05, 0) is 30.7 Å². The fourth-order valence-corrected chi connectivity index (χ4v) is 2.18. The van der Waals surface area contributed by atoms with Crippen molar-refractivity contribution < 1.29 is 14.6 Å².